The molecule has 0 aliphatic rings. The first-order valence-corrected chi connectivity index (χ1v) is 9.36. The highest BCUT2D eigenvalue weighted by Crippen LogP contribution is 2.19. The quantitative estimate of drug-likeness (QED) is 0.823. The van der Waals surface area contributed by atoms with E-state index in [1.807, 2.05) is 43.3 Å². The van der Waals surface area contributed by atoms with Crippen LogP contribution in [0.3, 0.4) is 0 Å². The van der Waals surface area contributed by atoms with Crippen LogP contribution < -0.4 is 14.9 Å². The summed E-state index contributed by atoms with van der Waals surface area (Å²) in [6.45, 7) is 0.237. The van der Waals surface area contributed by atoms with Gasteiger partial charge in [0.25, 0.3) is 5.91 Å². The van der Waals surface area contributed by atoms with E-state index in [0.717, 1.165) is 29.6 Å². The third-order valence-electron chi connectivity index (χ3n) is 3.43. The van der Waals surface area contributed by atoms with Gasteiger partial charge in [0.05, 0.1) is 17.5 Å². The fourth-order valence-electron chi connectivity index (χ4n) is 2.18. The van der Waals surface area contributed by atoms with Gasteiger partial charge in [-0.1, -0.05) is 12.1 Å². The van der Waals surface area contributed by atoms with E-state index >= 15 is 0 Å². The molecule has 0 saturated heterocycles. The van der Waals surface area contributed by atoms with Gasteiger partial charge in [-0.25, -0.2) is 12.8 Å². The predicted octanol–water partition coefficient (Wildman–Crippen LogP) is 2.19. The first-order valence-electron chi connectivity index (χ1n) is 7.47. The maximum absolute atomic E-state index is 13.5. The van der Waals surface area contributed by atoms with Crippen LogP contribution in [0.4, 0.5) is 15.8 Å². The van der Waals surface area contributed by atoms with Crippen LogP contribution in [-0.2, 0) is 16.6 Å². The molecule has 6 nitrogen and oxygen atoms in total. The summed E-state index contributed by atoms with van der Waals surface area (Å²) in [5.41, 5.74) is 1.85. The Hall–Kier alpha value is -2.61. The minimum Gasteiger partial charge on any atom is -0.378 e. The molecule has 0 aromatic heterocycles. The Kier molecular flexibility index (Phi) is 5.63. The van der Waals surface area contributed by atoms with Gasteiger partial charge in [-0.3, -0.25) is 9.52 Å². The smallest absolute Gasteiger partial charge is 0.253 e. The number of nitrogens with zero attached hydrogens (tertiary/aromatic N) is 1. The van der Waals surface area contributed by atoms with E-state index in [0.29, 0.717) is 0 Å². The van der Waals surface area contributed by atoms with Crippen LogP contribution in [0.1, 0.15) is 15.9 Å². The van der Waals surface area contributed by atoms with Crippen molar-refractivity contribution in [1.82, 2.24) is 5.32 Å². The van der Waals surface area contributed by atoms with E-state index in [2.05, 4.69) is 10.0 Å². The molecule has 0 unspecified atom stereocenters. The molecule has 0 spiro atoms. The molecule has 0 fully saturated rings. The molecule has 0 atom stereocenters. The third-order valence-corrected chi connectivity index (χ3v) is 4.02. The average molecular weight is 365 g/mol. The summed E-state index contributed by atoms with van der Waals surface area (Å²) in [5.74, 6) is -1.19. The molecule has 8 heteroatoms. The molecule has 25 heavy (non-hydrogen) atoms. The number of nitrogens with one attached hydrogen (secondary N) is 2. The highest BCUT2D eigenvalue weighted by molar-refractivity contribution is 7.92. The largest absolute Gasteiger partial charge is 0.378 e. The number of halogens is 1. The maximum Gasteiger partial charge on any atom is 0.253 e. The zero-order valence-corrected chi connectivity index (χ0v) is 15.0. The van der Waals surface area contributed by atoms with Crippen molar-refractivity contribution < 1.29 is 17.6 Å². The lowest BCUT2D eigenvalue weighted by atomic mass is 10.1. The third kappa shape index (κ3) is 5.46. The molecule has 0 saturated carbocycles. The van der Waals surface area contributed by atoms with Gasteiger partial charge in [0.2, 0.25) is 10.0 Å². The van der Waals surface area contributed by atoms with Crippen LogP contribution in [0.2, 0.25) is 0 Å². The second-order valence-corrected chi connectivity index (χ2v) is 7.56. The molecule has 0 radical (unpaired) electrons. The summed E-state index contributed by atoms with van der Waals surface area (Å²) in [4.78, 5) is 14.3. The van der Waals surface area contributed by atoms with Crippen LogP contribution in [0.25, 0.3) is 0 Å². The molecule has 0 bridgehead atoms. The summed E-state index contributed by atoms with van der Waals surface area (Å²) < 4.78 is 38.4. The van der Waals surface area contributed by atoms with Crippen molar-refractivity contribution >= 4 is 27.3 Å². The lowest BCUT2D eigenvalue weighted by Crippen LogP contribution is -2.25. The van der Waals surface area contributed by atoms with Crippen molar-refractivity contribution in [1.29, 1.82) is 0 Å². The Morgan fingerprint density at radius 2 is 1.76 bits per heavy atom. The first kappa shape index (κ1) is 18.7. The van der Waals surface area contributed by atoms with Crippen molar-refractivity contribution in [3.05, 3.63) is 59.4 Å². The second-order valence-electron chi connectivity index (χ2n) is 5.81. The number of hydrogen-bond acceptors (Lipinski definition) is 4. The standard InChI is InChI=1S/C17H20FN3O3S/c1-21(2)14-7-4-12(5-8-14)11-19-17(22)15-10-13(18)6-9-16(15)20-25(3,23)24/h4-10,20H,11H2,1-3H3,(H,19,22). The van der Waals surface area contributed by atoms with E-state index in [1.165, 1.54) is 6.07 Å². The molecule has 2 N–H and O–H groups in total. The van der Waals surface area contributed by atoms with Crippen molar-refractivity contribution in [2.45, 2.75) is 6.54 Å². The van der Waals surface area contributed by atoms with Crippen molar-refractivity contribution in [3.63, 3.8) is 0 Å². The summed E-state index contributed by atoms with van der Waals surface area (Å²) >= 11 is 0. The number of amides is 1. The number of hydrogen-bond donors (Lipinski definition) is 2. The topological polar surface area (TPSA) is 78.5 Å². The highest BCUT2D eigenvalue weighted by Gasteiger charge is 2.15. The summed E-state index contributed by atoms with van der Waals surface area (Å²) in [6.07, 6.45) is 0.963. The van der Waals surface area contributed by atoms with Gasteiger partial charge in [-0.15, -0.1) is 0 Å². The predicted molar refractivity (Wildman–Crippen MR) is 96.8 cm³/mol. The zero-order chi connectivity index (χ0) is 18.6. The fraction of sp³-hybridized carbons (Fsp3) is 0.235. The molecule has 0 heterocycles. The molecule has 134 valence electrons. The van der Waals surface area contributed by atoms with E-state index < -0.39 is 21.7 Å². The number of benzene rings is 2. The Morgan fingerprint density at radius 3 is 2.32 bits per heavy atom. The summed E-state index contributed by atoms with van der Waals surface area (Å²) in [5, 5.41) is 2.66. The van der Waals surface area contributed by atoms with E-state index in [1.54, 1.807) is 0 Å². The minimum atomic E-state index is -3.58. The van der Waals surface area contributed by atoms with Crippen LogP contribution in [0.15, 0.2) is 42.5 Å². The molecule has 2 aromatic rings. The number of sulfonamides is 1. The fourth-order valence-corrected chi connectivity index (χ4v) is 2.76. The van der Waals surface area contributed by atoms with Gasteiger partial charge < -0.3 is 10.2 Å². The molecular formula is C17H20FN3O3S. The molecule has 2 aromatic carbocycles. The second kappa shape index (κ2) is 7.52. The summed E-state index contributed by atoms with van der Waals surface area (Å²) in [7, 11) is 0.272. The molecule has 2 rings (SSSR count). The summed E-state index contributed by atoms with van der Waals surface area (Å²) in [6, 6.07) is 10.9. The number of rotatable bonds is 6. The van der Waals surface area contributed by atoms with Gasteiger partial charge in [-0.05, 0) is 35.9 Å². The SMILES string of the molecule is CN(C)c1ccc(CNC(=O)c2cc(F)ccc2NS(C)(=O)=O)cc1. The zero-order valence-electron chi connectivity index (χ0n) is 14.2. The van der Waals surface area contributed by atoms with Gasteiger partial charge in [0, 0.05) is 26.3 Å². The monoisotopic (exact) mass is 365 g/mol. The van der Waals surface area contributed by atoms with Crippen molar-refractivity contribution in [3.8, 4) is 0 Å². The van der Waals surface area contributed by atoms with E-state index in [9.17, 15) is 17.6 Å². The first-order chi connectivity index (χ1) is 11.7. The lowest BCUT2D eigenvalue weighted by molar-refractivity contribution is 0.0951. The van der Waals surface area contributed by atoms with E-state index in [-0.39, 0.29) is 17.8 Å². The molecule has 0 aliphatic heterocycles. The van der Waals surface area contributed by atoms with Crippen molar-refractivity contribution in [2.75, 3.05) is 30.0 Å². The van der Waals surface area contributed by atoms with Gasteiger partial charge in [0.15, 0.2) is 0 Å². The molecule has 1 amide bonds. The van der Waals surface area contributed by atoms with Crippen LogP contribution in [0, 0.1) is 5.82 Å². The number of anilines is 2. The normalized spacial score (nSPS) is 11.0. The molecule has 0 aliphatic carbocycles. The maximum atomic E-state index is 13.5. The minimum absolute atomic E-state index is 0.0318. The lowest BCUT2D eigenvalue weighted by Gasteiger charge is -2.14. The Labute approximate surface area is 146 Å². The Balaban J connectivity index is 2.13. The number of carbonyl (C=O) groups is 1. The number of carbonyl (C=O) groups excluding carboxylic acids is 1. The van der Waals surface area contributed by atoms with Crippen LogP contribution in [0.5, 0.6) is 0 Å². The molecular weight excluding hydrogens is 345 g/mol. The van der Waals surface area contributed by atoms with Crippen molar-refractivity contribution in [2.24, 2.45) is 0 Å². The van der Waals surface area contributed by atoms with Gasteiger partial charge in [-0.2, -0.15) is 0 Å². The highest BCUT2D eigenvalue weighted by atomic mass is 32.2. The van der Waals surface area contributed by atoms with E-state index in [4.69, 9.17) is 0 Å². The Morgan fingerprint density at radius 1 is 1.12 bits per heavy atom. The Bertz CT molecular complexity index is 865. The van der Waals surface area contributed by atoms with Crippen LogP contribution in [-0.4, -0.2) is 34.7 Å². The van der Waals surface area contributed by atoms with Crippen LogP contribution >= 0.6 is 0 Å². The van der Waals surface area contributed by atoms with Gasteiger partial charge >= 0.3 is 0 Å². The average Bonchev–Trinajstić information content (AvgIpc) is 2.53. The van der Waals surface area contributed by atoms with Gasteiger partial charge in [0.1, 0.15) is 5.82 Å².